The van der Waals surface area contributed by atoms with Crippen molar-refractivity contribution in [2.45, 2.75) is 20.3 Å². The minimum absolute atomic E-state index is 0.155. The molecule has 0 aliphatic rings. The monoisotopic (exact) mass is 232 g/mol. The van der Waals surface area contributed by atoms with Crippen LogP contribution in [-0.2, 0) is 0 Å². The van der Waals surface area contributed by atoms with Gasteiger partial charge in [0.2, 0.25) is 0 Å². The highest BCUT2D eigenvalue weighted by Gasteiger charge is 1.97. The Hall–Kier alpha value is -1.77. The van der Waals surface area contributed by atoms with Gasteiger partial charge in [-0.2, -0.15) is 0 Å². The third kappa shape index (κ3) is 6.40. The lowest BCUT2D eigenvalue weighted by Gasteiger charge is -2.06. The van der Waals surface area contributed by atoms with Crippen molar-refractivity contribution < 1.29 is 4.79 Å². The van der Waals surface area contributed by atoms with Crippen LogP contribution in [0.15, 0.2) is 36.5 Å². The van der Waals surface area contributed by atoms with Gasteiger partial charge in [0.1, 0.15) is 0 Å². The van der Waals surface area contributed by atoms with Gasteiger partial charge in [0.05, 0.1) is 0 Å². The Bertz CT molecular complexity index is 358. The van der Waals surface area contributed by atoms with Gasteiger partial charge < -0.3 is 10.6 Å². The molecule has 0 bridgehead atoms. The van der Waals surface area contributed by atoms with Gasteiger partial charge in [0.15, 0.2) is 0 Å². The lowest BCUT2D eigenvalue weighted by Crippen LogP contribution is -2.33. The first-order valence-electron chi connectivity index (χ1n) is 5.94. The van der Waals surface area contributed by atoms with Gasteiger partial charge in [0.25, 0.3) is 0 Å². The first kappa shape index (κ1) is 13.3. The van der Waals surface area contributed by atoms with E-state index >= 15 is 0 Å². The molecule has 0 saturated heterocycles. The van der Waals surface area contributed by atoms with E-state index in [1.807, 2.05) is 36.4 Å². The van der Waals surface area contributed by atoms with Crippen LogP contribution in [0.1, 0.15) is 25.8 Å². The van der Waals surface area contributed by atoms with Crippen LogP contribution in [0.25, 0.3) is 6.08 Å². The predicted molar refractivity (Wildman–Crippen MR) is 71.5 cm³/mol. The van der Waals surface area contributed by atoms with Crippen molar-refractivity contribution in [1.82, 2.24) is 10.6 Å². The second kappa shape index (κ2) is 7.49. The summed E-state index contributed by atoms with van der Waals surface area (Å²) in [5.74, 6) is 0.607. The van der Waals surface area contributed by atoms with E-state index in [2.05, 4.69) is 24.5 Å². The Morgan fingerprint density at radius 1 is 1.29 bits per heavy atom. The van der Waals surface area contributed by atoms with Gasteiger partial charge in [-0.05, 0) is 24.0 Å². The number of urea groups is 1. The zero-order chi connectivity index (χ0) is 12.5. The maximum Gasteiger partial charge on any atom is 0.318 e. The maximum absolute atomic E-state index is 11.3. The second-order valence-electron chi connectivity index (χ2n) is 4.33. The number of hydrogen-bond acceptors (Lipinski definition) is 1. The largest absolute Gasteiger partial charge is 0.338 e. The summed E-state index contributed by atoms with van der Waals surface area (Å²) >= 11 is 0. The van der Waals surface area contributed by atoms with E-state index in [0.29, 0.717) is 12.5 Å². The Labute approximate surface area is 103 Å². The number of rotatable bonds is 5. The van der Waals surface area contributed by atoms with Gasteiger partial charge in [-0.3, -0.25) is 0 Å². The summed E-state index contributed by atoms with van der Waals surface area (Å²) in [6.07, 6.45) is 4.51. The zero-order valence-electron chi connectivity index (χ0n) is 10.4. The fraction of sp³-hybridized carbons (Fsp3) is 0.357. The number of hydrogen-bond donors (Lipinski definition) is 2. The summed E-state index contributed by atoms with van der Waals surface area (Å²) in [4.78, 5) is 11.3. The van der Waals surface area contributed by atoms with Crippen molar-refractivity contribution in [3.8, 4) is 0 Å². The van der Waals surface area contributed by atoms with Gasteiger partial charge >= 0.3 is 6.03 Å². The fourth-order valence-electron chi connectivity index (χ4n) is 1.30. The molecule has 92 valence electrons. The SMILES string of the molecule is CC(C)CCNC(=O)N/C=C/c1ccccc1. The molecule has 0 heterocycles. The molecule has 0 aliphatic heterocycles. The number of amides is 2. The molecule has 0 saturated carbocycles. The summed E-state index contributed by atoms with van der Waals surface area (Å²) in [6, 6.07) is 9.69. The fourth-order valence-corrected chi connectivity index (χ4v) is 1.30. The van der Waals surface area contributed by atoms with Crippen molar-refractivity contribution in [2.75, 3.05) is 6.54 Å². The molecule has 1 aromatic rings. The molecule has 0 fully saturated rings. The molecule has 0 unspecified atom stereocenters. The molecule has 0 spiro atoms. The van der Waals surface area contributed by atoms with Crippen LogP contribution in [0.3, 0.4) is 0 Å². The molecule has 3 heteroatoms. The molecule has 0 aliphatic carbocycles. The maximum atomic E-state index is 11.3. The second-order valence-corrected chi connectivity index (χ2v) is 4.33. The Balaban J connectivity index is 2.22. The number of carbonyl (C=O) groups is 1. The molecule has 0 atom stereocenters. The van der Waals surface area contributed by atoms with Crippen LogP contribution in [-0.4, -0.2) is 12.6 Å². The van der Waals surface area contributed by atoms with Gasteiger partial charge in [0, 0.05) is 12.7 Å². The normalized spacial score (nSPS) is 10.8. The molecule has 2 amide bonds. The standard InChI is InChI=1S/C14H20N2O/c1-12(2)8-10-15-14(17)16-11-9-13-6-4-3-5-7-13/h3-7,9,11-12H,8,10H2,1-2H3,(H2,15,16,17)/b11-9+. The van der Waals surface area contributed by atoms with Crippen molar-refractivity contribution in [1.29, 1.82) is 0 Å². The van der Waals surface area contributed by atoms with Crippen LogP contribution in [0, 0.1) is 5.92 Å². The van der Waals surface area contributed by atoms with Crippen LogP contribution in [0.4, 0.5) is 4.79 Å². The van der Waals surface area contributed by atoms with Crippen LogP contribution >= 0.6 is 0 Å². The van der Waals surface area contributed by atoms with Crippen molar-refractivity contribution in [2.24, 2.45) is 5.92 Å². The van der Waals surface area contributed by atoms with E-state index < -0.39 is 0 Å². The summed E-state index contributed by atoms with van der Waals surface area (Å²) in [5.41, 5.74) is 1.06. The van der Waals surface area contributed by atoms with E-state index in [4.69, 9.17) is 0 Å². The average molecular weight is 232 g/mol. The van der Waals surface area contributed by atoms with Gasteiger partial charge in [-0.25, -0.2) is 4.79 Å². The smallest absolute Gasteiger partial charge is 0.318 e. The first-order chi connectivity index (χ1) is 8.18. The van der Waals surface area contributed by atoms with Gasteiger partial charge in [-0.15, -0.1) is 0 Å². The summed E-state index contributed by atoms with van der Waals surface area (Å²) in [6.45, 7) is 4.98. The molecule has 2 N–H and O–H groups in total. The summed E-state index contributed by atoms with van der Waals surface area (Å²) < 4.78 is 0. The molecule has 3 nitrogen and oxygen atoms in total. The third-order valence-corrected chi connectivity index (χ3v) is 2.30. The Morgan fingerprint density at radius 3 is 2.65 bits per heavy atom. The van der Waals surface area contributed by atoms with Crippen molar-refractivity contribution in [3.05, 3.63) is 42.1 Å². The molecular formula is C14H20N2O. The topological polar surface area (TPSA) is 41.1 Å². The molecule has 1 aromatic carbocycles. The number of benzene rings is 1. The molecular weight excluding hydrogens is 212 g/mol. The van der Waals surface area contributed by atoms with E-state index in [1.165, 1.54) is 0 Å². The summed E-state index contributed by atoms with van der Waals surface area (Å²) in [5, 5.41) is 5.47. The van der Waals surface area contributed by atoms with E-state index in [0.717, 1.165) is 12.0 Å². The van der Waals surface area contributed by atoms with Crippen LogP contribution in [0.5, 0.6) is 0 Å². The Kier molecular flexibility index (Phi) is 5.86. The highest BCUT2D eigenvalue weighted by atomic mass is 16.2. The zero-order valence-corrected chi connectivity index (χ0v) is 10.4. The van der Waals surface area contributed by atoms with E-state index in [9.17, 15) is 4.79 Å². The minimum atomic E-state index is -0.155. The summed E-state index contributed by atoms with van der Waals surface area (Å²) in [7, 11) is 0. The predicted octanol–water partition coefficient (Wildman–Crippen LogP) is 3.00. The molecule has 0 radical (unpaired) electrons. The van der Waals surface area contributed by atoms with Gasteiger partial charge in [-0.1, -0.05) is 44.2 Å². The molecule has 17 heavy (non-hydrogen) atoms. The lowest BCUT2D eigenvalue weighted by molar-refractivity contribution is 0.243. The quantitative estimate of drug-likeness (QED) is 0.805. The van der Waals surface area contributed by atoms with Crippen LogP contribution < -0.4 is 10.6 Å². The van der Waals surface area contributed by atoms with Crippen LogP contribution in [0.2, 0.25) is 0 Å². The molecule has 1 rings (SSSR count). The third-order valence-electron chi connectivity index (χ3n) is 2.30. The first-order valence-corrected chi connectivity index (χ1v) is 5.94. The van der Waals surface area contributed by atoms with E-state index in [1.54, 1.807) is 6.20 Å². The molecule has 0 aromatic heterocycles. The highest BCUT2D eigenvalue weighted by molar-refractivity contribution is 5.75. The van der Waals surface area contributed by atoms with Crippen molar-refractivity contribution in [3.63, 3.8) is 0 Å². The highest BCUT2D eigenvalue weighted by Crippen LogP contribution is 1.99. The lowest BCUT2D eigenvalue weighted by atomic mass is 10.1. The number of carbonyl (C=O) groups excluding carboxylic acids is 1. The van der Waals surface area contributed by atoms with E-state index in [-0.39, 0.29) is 6.03 Å². The Morgan fingerprint density at radius 2 is 2.00 bits per heavy atom. The minimum Gasteiger partial charge on any atom is -0.338 e. The average Bonchev–Trinajstić information content (AvgIpc) is 2.30. The number of nitrogens with one attached hydrogen (secondary N) is 2. The van der Waals surface area contributed by atoms with Crippen molar-refractivity contribution >= 4 is 12.1 Å².